The molecule has 2 aromatic carbocycles. The molecule has 1 fully saturated rings. The lowest BCUT2D eigenvalue weighted by atomic mass is 10.00. The maximum absolute atomic E-state index is 12.6. The molecule has 12 heteroatoms. The summed E-state index contributed by atoms with van der Waals surface area (Å²) in [5, 5.41) is 13.3. The fourth-order valence-electron chi connectivity index (χ4n) is 4.32. The number of benzene rings is 2. The minimum absolute atomic E-state index is 0.0686. The van der Waals surface area contributed by atoms with E-state index < -0.39 is 12.1 Å². The van der Waals surface area contributed by atoms with Gasteiger partial charge in [-0.2, -0.15) is 10.2 Å². The summed E-state index contributed by atoms with van der Waals surface area (Å²) < 4.78 is 54.1. The summed E-state index contributed by atoms with van der Waals surface area (Å²) in [5.74, 6) is 1.08. The summed E-state index contributed by atoms with van der Waals surface area (Å²) in [4.78, 5) is 11.0. The number of ether oxygens (including phenoxy) is 3. The quantitative estimate of drug-likeness (QED) is 0.256. The second-order valence-electron chi connectivity index (χ2n) is 9.14. The van der Waals surface area contributed by atoms with E-state index >= 15 is 0 Å². The van der Waals surface area contributed by atoms with Crippen LogP contribution >= 0.6 is 11.3 Å². The Morgan fingerprint density at radius 1 is 1.15 bits per heavy atom. The van der Waals surface area contributed by atoms with Gasteiger partial charge in [0.1, 0.15) is 33.6 Å². The van der Waals surface area contributed by atoms with Gasteiger partial charge in [-0.15, -0.1) is 13.2 Å². The molecule has 0 radical (unpaired) electrons. The average Bonchev–Trinajstić information content (AvgIpc) is 3.31. The Morgan fingerprint density at radius 2 is 1.95 bits per heavy atom. The summed E-state index contributed by atoms with van der Waals surface area (Å²) in [6.07, 6.45) is -1.17. The molecule has 0 aliphatic carbocycles. The fraction of sp³-hybridized carbons (Fsp3) is 0.296. The number of pyridine rings is 1. The fourth-order valence-corrected chi connectivity index (χ4v) is 5.25. The van der Waals surface area contributed by atoms with Gasteiger partial charge >= 0.3 is 6.36 Å². The number of hydrogen-bond acceptors (Lipinski definition) is 9. The van der Waals surface area contributed by atoms with Crippen LogP contribution in [0, 0.1) is 17.2 Å². The van der Waals surface area contributed by atoms with Crippen LogP contribution in [0.5, 0.6) is 23.0 Å². The number of halogens is 3. The lowest BCUT2D eigenvalue weighted by Crippen LogP contribution is -2.34. The van der Waals surface area contributed by atoms with Crippen molar-refractivity contribution in [2.75, 3.05) is 32.1 Å². The Kier molecular flexibility index (Phi) is 7.72. The van der Waals surface area contributed by atoms with E-state index in [-0.39, 0.29) is 17.1 Å². The predicted molar refractivity (Wildman–Crippen MR) is 141 cm³/mol. The lowest BCUT2D eigenvalue weighted by molar-refractivity contribution is -0.274. The van der Waals surface area contributed by atoms with E-state index in [2.05, 4.69) is 32.0 Å². The third-order valence-corrected chi connectivity index (χ3v) is 7.03. The molecule has 0 saturated carbocycles. The highest BCUT2D eigenvalue weighted by Gasteiger charge is 2.31. The molecule has 1 atom stereocenters. The number of piperidine rings is 1. The van der Waals surface area contributed by atoms with Gasteiger partial charge in [0.25, 0.3) is 0 Å². The van der Waals surface area contributed by atoms with Gasteiger partial charge in [-0.05, 0) is 62.8 Å². The molecule has 1 N–H and O–H groups in total. The van der Waals surface area contributed by atoms with Gasteiger partial charge in [-0.3, -0.25) is 0 Å². The number of likely N-dealkylation sites (tertiary alicyclic amines) is 1. The highest BCUT2D eigenvalue weighted by Crippen LogP contribution is 2.39. The molecule has 5 rings (SSSR count). The van der Waals surface area contributed by atoms with Crippen LogP contribution in [0.4, 0.5) is 24.0 Å². The molecule has 1 saturated heterocycles. The van der Waals surface area contributed by atoms with Crippen LogP contribution in [0.15, 0.2) is 54.7 Å². The topological polar surface area (TPSA) is 92.5 Å². The second-order valence-corrected chi connectivity index (χ2v) is 10.1. The number of aromatic nitrogens is 2. The summed E-state index contributed by atoms with van der Waals surface area (Å²) >= 11 is 1.21. The van der Waals surface area contributed by atoms with E-state index in [1.807, 2.05) is 30.3 Å². The Labute approximate surface area is 226 Å². The van der Waals surface area contributed by atoms with Gasteiger partial charge in [0.15, 0.2) is 16.5 Å². The van der Waals surface area contributed by atoms with Crippen molar-refractivity contribution in [1.29, 1.82) is 5.26 Å². The van der Waals surface area contributed by atoms with Gasteiger partial charge in [-0.1, -0.05) is 17.4 Å². The Hall–Kier alpha value is -4.08. The highest BCUT2D eigenvalue weighted by molar-refractivity contribution is 7.22. The minimum atomic E-state index is -4.84. The van der Waals surface area contributed by atoms with Crippen LogP contribution in [0.3, 0.4) is 0 Å². The second kappa shape index (κ2) is 11.3. The maximum atomic E-state index is 12.6. The van der Waals surface area contributed by atoms with Crippen molar-refractivity contribution in [3.05, 3.63) is 60.3 Å². The molecular formula is C27H24F3N5O3S. The number of anilines is 2. The number of nitrogens with zero attached hydrogens (tertiary/aromatic N) is 4. The molecule has 1 unspecified atom stereocenters. The Morgan fingerprint density at radius 3 is 2.69 bits per heavy atom. The number of rotatable bonds is 8. The zero-order valence-electron chi connectivity index (χ0n) is 20.9. The van der Waals surface area contributed by atoms with Crippen LogP contribution in [0.2, 0.25) is 0 Å². The molecule has 4 aromatic rings. The minimum Gasteiger partial charge on any atom is -0.493 e. The largest absolute Gasteiger partial charge is 0.573 e. The van der Waals surface area contributed by atoms with Crippen LogP contribution in [0.1, 0.15) is 18.4 Å². The van der Waals surface area contributed by atoms with Gasteiger partial charge in [0, 0.05) is 24.2 Å². The molecule has 202 valence electrons. The first-order valence-electron chi connectivity index (χ1n) is 12.2. The molecule has 1 aliphatic heterocycles. The van der Waals surface area contributed by atoms with E-state index in [0.717, 1.165) is 36.7 Å². The Bertz CT molecular complexity index is 1490. The van der Waals surface area contributed by atoms with Crippen molar-refractivity contribution >= 4 is 32.5 Å². The number of nitriles is 1. The zero-order valence-corrected chi connectivity index (χ0v) is 21.7. The SMILES string of the molecule is CN1CCCC(COc2ccc(Nc3nc4ncc(C#N)c(Oc5cccc(OC(F)(F)F)c5)c4s3)cc2)C1. The normalized spacial score (nSPS) is 16.0. The van der Waals surface area contributed by atoms with Crippen molar-refractivity contribution in [2.24, 2.45) is 5.92 Å². The number of fused-ring (bicyclic) bond motifs is 1. The lowest BCUT2D eigenvalue weighted by Gasteiger charge is -2.29. The van der Waals surface area contributed by atoms with Crippen LogP contribution < -0.4 is 19.5 Å². The molecule has 0 spiro atoms. The van der Waals surface area contributed by atoms with Crippen LogP contribution in [-0.2, 0) is 0 Å². The summed E-state index contributed by atoms with van der Waals surface area (Å²) in [6, 6.07) is 14.6. The maximum Gasteiger partial charge on any atom is 0.573 e. The van der Waals surface area contributed by atoms with Crippen molar-refractivity contribution in [3.8, 4) is 29.1 Å². The standard InChI is InChI=1S/C27H24F3N5O3S/c1-35-11-3-4-17(15-35)16-36-20-9-7-19(8-10-20)33-26-34-25-24(39-26)23(18(13-31)14-32-25)37-21-5-2-6-22(12-21)38-27(28,29)30/h2,5-10,12,14,17H,3-4,11,15-16H2,1H3,(H,32,33,34). The van der Waals surface area contributed by atoms with E-state index in [1.54, 1.807) is 0 Å². The molecule has 2 aromatic heterocycles. The van der Waals surface area contributed by atoms with Crippen molar-refractivity contribution in [1.82, 2.24) is 14.9 Å². The smallest absolute Gasteiger partial charge is 0.493 e. The third-order valence-electron chi connectivity index (χ3n) is 6.07. The van der Waals surface area contributed by atoms with E-state index in [9.17, 15) is 18.4 Å². The van der Waals surface area contributed by atoms with Gasteiger partial charge in [0.05, 0.1) is 12.8 Å². The molecule has 0 bridgehead atoms. The van der Waals surface area contributed by atoms with Gasteiger partial charge in [0.2, 0.25) is 0 Å². The predicted octanol–water partition coefficient (Wildman–Crippen LogP) is 6.72. The molecular weight excluding hydrogens is 531 g/mol. The van der Waals surface area contributed by atoms with Crippen LogP contribution in [-0.4, -0.2) is 48.0 Å². The van der Waals surface area contributed by atoms with Crippen LogP contribution in [0.25, 0.3) is 10.3 Å². The number of alkyl halides is 3. The van der Waals surface area contributed by atoms with Crippen molar-refractivity contribution < 1.29 is 27.4 Å². The summed E-state index contributed by atoms with van der Waals surface area (Å²) in [6.45, 7) is 2.85. The van der Waals surface area contributed by atoms with Crippen molar-refractivity contribution in [3.63, 3.8) is 0 Å². The summed E-state index contributed by atoms with van der Waals surface area (Å²) in [5.41, 5.74) is 1.22. The zero-order chi connectivity index (χ0) is 27.4. The molecule has 1 aliphatic rings. The highest BCUT2D eigenvalue weighted by atomic mass is 32.1. The van der Waals surface area contributed by atoms with Gasteiger partial charge < -0.3 is 24.4 Å². The monoisotopic (exact) mass is 555 g/mol. The van der Waals surface area contributed by atoms with Gasteiger partial charge in [-0.25, -0.2) is 4.98 Å². The van der Waals surface area contributed by atoms with Crippen molar-refractivity contribution in [2.45, 2.75) is 19.2 Å². The van der Waals surface area contributed by atoms with E-state index in [0.29, 0.717) is 28.0 Å². The Balaban J connectivity index is 1.30. The molecule has 8 nitrogen and oxygen atoms in total. The summed E-state index contributed by atoms with van der Waals surface area (Å²) in [7, 11) is 2.13. The first-order chi connectivity index (χ1) is 18.8. The number of hydrogen-bond donors (Lipinski definition) is 1. The average molecular weight is 556 g/mol. The molecule has 3 heterocycles. The first kappa shape index (κ1) is 26.5. The third kappa shape index (κ3) is 6.87. The first-order valence-corrected chi connectivity index (χ1v) is 13.0. The molecule has 0 amide bonds. The molecule has 39 heavy (non-hydrogen) atoms. The number of nitrogens with one attached hydrogen (secondary N) is 1. The number of thiazole rings is 1. The van der Waals surface area contributed by atoms with E-state index in [1.165, 1.54) is 42.5 Å². The van der Waals surface area contributed by atoms with E-state index in [4.69, 9.17) is 9.47 Å².